The largest absolute Gasteiger partial charge is 0.463 e. The van der Waals surface area contributed by atoms with Gasteiger partial charge in [0.1, 0.15) is 0 Å². The van der Waals surface area contributed by atoms with Crippen molar-refractivity contribution in [3.05, 3.63) is 34.4 Å². The highest BCUT2D eigenvalue weighted by atomic mass is 79.9. The summed E-state index contributed by atoms with van der Waals surface area (Å²) in [6, 6.07) is 0. The van der Waals surface area contributed by atoms with Crippen LogP contribution in [0.25, 0.3) is 0 Å². The van der Waals surface area contributed by atoms with Crippen molar-refractivity contribution in [3.8, 4) is 0 Å². The van der Waals surface area contributed by atoms with Crippen LogP contribution in [0.2, 0.25) is 0 Å². The van der Waals surface area contributed by atoms with Crippen LogP contribution in [-0.4, -0.2) is 12.6 Å². The summed E-state index contributed by atoms with van der Waals surface area (Å²) in [6.07, 6.45) is 8.10. The normalized spacial score (nSPS) is 15.8. The van der Waals surface area contributed by atoms with Gasteiger partial charge in [0.05, 0.1) is 6.61 Å². The molecule has 13 heavy (non-hydrogen) atoms. The number of carbonyl (C=O) groups is 1. The van der Waals surface area contributed by atoms with E-state index in [0.29, 0.717) is 18.6 Å². The summed E-state index contributed by atoms with van der Waals surface area (Å²) >= 11 is 3.33. The molecule has 0 bridgehead atoms. The second-order valence-electron chi connectivity index (χ2n) is 2.57. The minimum atomic E-state index is -0.231. The molecule has 0 saturated heterocycles. The topological polar surface area (TPSA) is 26.3 Å². The van der Waals surface area contributed by atoms with Crippen LogP contribution in [-0.2, 0) is 9.53 Å². The Morgan fingerprint density at radius 1 is 1.62 bits per heavy atom. The molecule has 3 heteroatoms. The van der Waals surface area contributed by atoms with Gasteiger partial charge in [-0.25, -0.2) is 4.79 Å². The van der Waals surface area contributed by atoms with Crippen LogP contribution in [0, 0.1) is 0 Å². The lowest BCUT2D eigenvalue weighted by molar-refractivity contribution is -0.138. The highest BCUT2D eigenvalue weighted by molar-refractivity contribution is 9.11. The molecular formula is C10H11BrO2. The molecule has 0 heterocycles. The van der Waals surface area contributed by atoms with Crippen LogP contribution in [0.4, 0.5) is 0 Å². The van der Waals surface area contributed by atoms with E-state index in [0.717, 1.165) is 4.48 Å². The first kappa shape index (κ1) is 10.3. The van der Waals surface area contributed by atoms with Gasteiger partial charge in [0, 0.05) is 10.1 Å². The van der Waals surface area contributed by atoms with Crippen molar-refractivity contribution < 1.29 is 9.53 Å². The average molecular weight is 243 g/mol. The zero-order valence-electron chi connectivity index (χ0n) is 7.42. The van der Waals surface area contributed by atoms with E-state index in [1.54, 1.807) is 13.0 Å². The highest BCUT2D eigenvalue weighted by Gasteiger charge is 2.08. The number of esters is 1. The van der Waals surface area contributed by atoms with Crippen molar-refractivity contribution in [2.24, 2.45) is 0 Å². The van der Waals surface area contributed by atoms with Crippen molar-refractivity contribution in [1.82, 2.24) is 0 Å². The number of ether oxygens (including phenoxy) is 1. The van der Waals surface area contributed by atoms with Gasteiger partial charge in [0.2, 0.25) is 0 Å². The third kappa shape index (κ3) is 3.19. The first-order valence-corrected chi connectivity index (χ1v) is 4.93. The van der Waals surface area contributed by atoms with Gasteiger partial charge in [0.15, 0.2) is 0 Å². The smallest absolute Gasteiger partial charge is 0.334 e. The van der Waals surface area contributed by atoms with E-state index in [1.807, 2.05) is 18.2 Å². The molecule has 0 fully saturated rings. The van der Waals surface area contributed by atoms with Gasteiger partial charge in [-0.05, 0) is 19.4 Å². The Bertz CT molecular complexity index is 287. The Labute approximate surface area is 86.1 Å². The molecule has 0 atom stereocenters. The predicted octanol–water partition coefficient (Wildman–Crippen LogP) is 2.71. The summed E-state index contributed by atoms with van der Waals surface area (Å²) in [5.41, 5.74) is 0.688. The van der Waals surface area contributed by atoms with E-state index in [9.17, 15) is 4.79 Å². The lowest BCUT2D eigenvalue weighted by Crippen LogP contribution is -2.06. The van der Waals surface area contributed by atoms with Crippen LogP contribution in [0.15, 0.2) is 34.4 Å². The number of hydrogen-bond acceptors (Lipinski definition) is 2. The number of halogens is 1. The Kier molecular flexibility index (Phi) is 3.96. The molecule has 0 spiro atoms. The molecule has 0 aromatic carbocycles. The van der Waals surface area contributed by atoms with E-state index in [1.165, 1.54) is 0 Å². The summed E-state index contributed by atoms with van der Waals surface area (Å²) < 4.78 is 5.85. The quantitative estimate of drug-likeness (QED) is 0.697. The molecule has 0 aliphatic heterocycles. The van der Waals surface area contributed by atoms with Crippen LogP contribution in [0.5, 0.6) is 0 Å². The van der Waals surface area contributed by atoms with Crippen LogP contribution in [0.1, 0.15) is 13.3 Å². The van der Waals surface area contributed by atoms with Crippen LogP contribution < -0.4 is 0 Å². The third-order valence-corrected chi connectivity index (χ3v) is 2.12. The van der Waals surface area contributed by atoms with Crippen molar-refractivity contribution in [3.63, 3.8) is 0 Å². The van der Waals surface area contributed by atoms with Gasteiger partial charge in [-0.2, -0.15) is 0 Å². The maximum absolute atomic E-state index is 11.3. The molecule has 2 nitrogen and oxygen atoms in total. The van der Waals surface area contributed by atoms with E-state index in [4.69, 9.17) is 4.74 Å². The fourth-order valence-electron chi connectivity index (χ4n) is 0.977. The molecule has 0 amide bonds. The van der Waals surface area contributed by atoms with Crippen molar-refractivity contribution in [2.45, 2.75) is 13.3 Å². The SMILES string of the molecule is CCOC(=O)C1=CC=C(Br)C=CC1. The first-order valence-electron chi connectivity index (χ1n) is 4.14. The molecule has 0 unspecified atom stereocenters. The second-order valence-corrected chi connectivity index (χ2v) is 3.49. The maximum atomic E-state index is 11.3. The average Bonchev–Trinajstić information content (AvgIpc) is 2.30. The van der Waals surface area contributed by atoms with E-state index < -0.39 is 0 Å². The zero-order chi connectivity index (χ0) is 9.68. The Balaban J connectivity index is 2.71. The van der Waals surface area contributed by atoms with Crippen molar-refractivity contribution >= 4 is 21.9 Å². The van der Waals surface area contributed by atoms with Crippen LogP contribution in [0.3, 0.4) is 0 Å². The fourth-order valence-corrected chi connectivity index (χ4v) is 1.30. The zero-order valence-corrected chi connectivity index (χ0v) is 9.00. The van der Waals surface area contributed by atoms with Gasteiger partial charge < -0.3 is 4.74 Å². The summed E-state index contributed by atoms with van der Waals surface area (Å²) in [6.45, 7) is 2.22. The molecular weight excluding hydrogens is 232 g/mol. The summed E-state index contributed by atoms with van der Waals surface area (Å²) in [5.74, 6) is -0.231. The Hall–Kier alpha value is -0.830. The van der Waals surface area contributed by atoms with Gasteiger partial charge in [-0.15, -0.1) is 0 Å². The summed E-state index contributed by atoms with van der Waals surface area (Å²) in [7, 11) is 0. The predicted molar refractivity (Wildman–Crippen MR) is 55.5 cm³/mol. The Morgan fingerprint density at radius 2 is 2.38 bits per heavy atom. The van der Waals surface area contributed by atoms with Crippen molar-refractivity contribution in [1.29, 1.82) is 0 Å². The number of rotatable bonds is 2. The van der Waals surface area contributed by atoms with Crippen LogP contribution >= 0.6 is 15.9 Å². The summed E-state index contributed by atoms with van der Waals surface area (Å²) in [5, 5.41) is 0. The van der Waals surface area contributed by atoms with Gasteiger partial charge >= 0.3 is 5.97 Å². The standard InChI is InChI=1S/C10H11BrO2/c1-2-13-10(12)8-4-3-5-9(11)7-6-8/h3,5-7H,2,4H2,1H3. The lowest BCUT2D eigenvalue weighted by Gasteiger charge is -2.02. The molecule has 1 aliphatic rings. The number of allylic oxidation sites excluding steroid dienone is 5. The number of hydrogen-bond donors (Lipinski definition) is 0. The van der Waals surface area contributed by atoms with Crippen molar-refractivity contribution in [2.75, 3.05) is 6.61 Å². The molecule has 1 rings (SSSR count). The maximum Gasteiger partial charge on any atom is 0.334 e. The molecule has 1 aliphatic carbocycles. The molecule has 70 valence electrons. The highest BCUT2D eigenvalue weighted by Crippen LogP contribution is 2.16. The van der Waals surface area contributed by atoms with E-state index in [2.05, 4.69) is 15.9 Å². The molecule has 0 radical (unpaired) electrons. The molecule has 0 saturated carbocycles. The molecule has 0 N–H and O–H groups in total. The van der Waals surface area contributed by atoms with Gasteiger partial charge in [0.25, 0.3) is 0 Å². The second kappa shape index (κ2) is 5.02. The lowest BCUT2D eigenvalue weighted by atomic mass is 10.2. The van der Waals surface area contributed by atoms with E-state index >= 15 is 0 Å². The molecule has 0 aromatic heterocycles. The third-order valence-electron chi connectivity index (χ3n) is 1.60. The summed E-state index contributed by atoms with van der Waals surface area (Å²) in [4.78, 5) is 11.3. The minimum Gasteiger partial charge on any atom is -0.463 e. The van der Waals surface area contributed by atoms with Gasteiger partial charge in [-0.1, -0.05) is 34.2 Å². The molecule has 0 aromatic rings. The fraction of sp³-hybridized carbons (Fsp3) is 0.300. The van der Waals surface area contributed by atoms with E-state index in [-0.39, 0.29) is 5.97 Å². The number of carbonyl (C=O) groups excluding carboxylic acids is 1. The Morgan fingerprint density at radius 3 is 3.08 bits per heavy atom. The van der Waals surface area contributed by atoms with Gasteiger partial charge in [-0.3, -0.25) is 0 Å². The minimum absolute atomic E-state index is 0.231. The monoisotopic (exact) mass is 242 g/mol. The first-order chi connectivity index (χ1) is 6.24.